The van der Waals surface area contributed by atoms with Crippen LogP contribution in [0.4, 0.5) is 24.8 Å². The summed E-state index contributed by atoms with van der Waals surface area (Å²) in [6, 6.07) is 7.04. The molecule has 0 spiro atoms. The standard InChI is InChI=1S/C18H18F3N9/c1-11-12(2)29-13(22-11)3-5-15(25-29)27-7-9-28(10-8-27)16-6-4-14-23-24-17(18(19,20)21)30(14)26-16/h3-6H,7-10H2,1-2H3. The van der Waals surface area contributed by atoms with Crippen LogP contribution in [-0.2, 0) is 6.18 Å². The second-order valence-corrected chi connectivity index (χ2v) is 7.20. The predicted molar refractivity (Wildman–Crippen MR) is 103 cm³/mol. The van der Waals surface area contributed by atoms with E-state index >= 15 is 0 Å². The quantitative estimate of drug-likeness (QED) is 0.494. The van der Waals surface area contributed by atoms with Gasteiger partial charge in [0.25, 0.3) is 5.82 Å². The van der Waals surface area contributed by atoms with Crippen LogP contribution in [0.15, 0.2) is 24.3 Å². The number of alkyl halides is 3. The van der Waals surface area contributed by atoms with Gasteiger partial charge in [0.05, 0.1) is 11.4 Å². The van der Waals surface area contributed by atoms with Crippen molar-refractivity contribution in [3.8, 4) is 0 Å². The van der Waals surface area contributed by atoms with Gasteiger partial charge < -0.3 is 9.80 Å². The third kappa shape index (κ3) is 2.99. The molecular formula is C18H18F3N9. The molecule has 0 N–H and O–H groups in total. The number of fused-ring (bicyclic) bond motifs is 2. The molecule has 12 heteroatoms. The summed E-state index contributed by atoms with van der Waals surface area (Å²) in [7, 11) is 0. The Bertz CT molecular complexity index is 1240. The number of halogens is 3. The molecule has 0 radical (unpaired) electrons. The Balaban J connectivity index is 1.36. The maximum atomic E-state index is 13.1. The first-order valence-corrected chi connectivity index (χ1v) is 9.44. The molecule has 9 nitrogen and oxygen atoms in total. The van der Waals surface area contributed by atoms with Gasteiger partial charge in [0.1, 0.15) is 11.6 Å². The molecule has 0 atom stereocenters. The molecule has 0 unspecified atom stereocenters. The minimum absolute atomic E-state index is 0.0632. The van der Waals surface area contributed by atoms with Crippen LogP contribution in [0.5, 0.6) is 0 Å². The van der Waals surface area contributed by atoms with Crippen molar-refractivity contribution >= 4 is 22.9 Å². The lowest BCUT2D eigenvalue weighted by molar-refractivity contribution is -0.146. The summed E-state index contributed by atoms with van der Waals surface area (Å²) >= 11 is 0. The number of aryl methyl sites for hydroxylation is 2. The first kappa shape index (κ1) is 18.6. The van der Waals surface area contributed by atoms with E-state index in [9.17, 15) is 13.2 Å². The summed E-state index contributed by atoms with van der Waals surface area (Å²) < 4.78 is 41.9. The molecule has 1 aliphatic rings. The fourth-order valence-corrected chi connectivity index (χ4v) is 3.60. The van der Waals surface area contributed by atoms with E-state index in [1.807, 2.05) is 35.4 Å². The molecule has 1 aliphatic heterocycles. The molecule has 0 aliphatic carbocycles. The zero-order chi connectivity index (χ0) is 21.0. The second-order valence-electron chi connectivity index (χ2n) is 7.20. The van der Waals surface area contributed by atoms with Crippen molar-refractivity contribution in [3.63, 3.8) is 0 Å². The molecule has 1 saturated heterocycles. The highest BCUT2D eigenvalue weighted by molar-refractivity contribution is 5.51. The van der Waals surface area contributed by atoms with Gasteiger partial charge in [-0.25, -0.2) is 9.50 Å². The van der Waals surface area contributed by atoms with Crippen LogP contribution in [-0.4, -0.2) is 60.6 Å². The van der Waals surface area contributed by atoms with Crippen LogP contribution in [0.2, 0.25) is 0 Å². The lowest BCUT2D eigenvalue weighted by atomic mass is 10.3. The molecule has 5 heterocycles. The summed E-state index contributed by atoms with van der Waals surface area (Å²) in [5, 5.41) is 15.6. The highest BCUT2D eigenvalue weighted by Gasteiger charge is 2.37. The number of nitrogens with zero attached hydrogens (tertiary/aromatic N) is 9. The average molecular weight is 417 g/mol. The Morgan fingerprint density at radius 3 is 1.93 bits per heavy atom. The molecule has 0 aromatic carbocycles. The maximum absolute atomic E-state index is 13.1. The van der Waals surface area contributed by atoms with Gasteiger partial charge in [-0.2, -0.15) is 17.7 Å². The summed E-state index contributed by atoms with van der Waals surface area (Å²) in [6.45, 7) is 6.46. The van der Waals surface area contributed by atoms with E-state index in [2.05, 4.69) is 30.3 Å². The van der Waals surface area contributed by atoms with E-state index < -0.39 is 12.0 Å². The number of hydrogen-bond donors (Lipinski definition) is 0. The molecule has 5 rings (SSSR count). The Morgan fingerprint density at radius 1 is 0.767 bits per heavy atom. The summed E-state index contributed by atoms with van der Waals surface area (Å²) in [5.74, 6) is 0.169. The lowest BCUT2D eigenvalue weighted by Gasteiger charge is -2.35. The summed E-state index contributed by atoms with van der Waals surface area (Å²) in [4.78, 5) is 8.56. The number of aromatic nitrogens is 7. The van der Waals surface area contributed by atoms with Crippen molar-refractivity contribution < 1.29 is 13.2 Å². The van der Waals surface area contributed by atoms with Gasteiger partial charge in [-0.1, -0.05) is 0 Å². The number of anilines is 2. The molecule has 4 aromatic heterocycles. The van der Waals surface area contributed by atoms with Crippen molar-refractivity contribution in [3.05, 3.63) is 41.5 Å². The Morgan fingerprint density at radius 2 is 1.33 bits per heavy atom. The third-order valence-electron chi connectivity index (χ3n) is 5.35. The topological polar surface area (TPSA) is 79.8 Å². The minimum Gasteiger partial charge on any atom is -0.352 e. The van der Waals surface area contributed by atoms with Crippen molar-refractivity contribution in [2.75, 3.05) is 36.0 Å². The smallest absolute Gasteiger partial charge is 0.352 e. The SMILES string of the molecule is Cc1nc2ccc(N3CCN(c4ccc5nnc(C(F)(F)F)n5n4)CC3)nn2c1C. The Labute approximate surface area is 168 Å². The predicted octanol–water partition coefficient (Wildman–Crippen LogP) is 2.13. The number of hydrogen-bond acceptors (Lipinski definition) is 7. The fourth-order valence-electron chi connectivity index (χ4n) is 3.60. The molecule has 1 fully saturated rings. The first-order chi connectivity index (χ1) is 14.3. The molecule has 30 heavy (non-hydrogen) atoms. The van der Waals surface area contributed by atoms with Crippen molar-refractivity contribution in [1.29, 1.82) is 0 Å². The van der Waals surface area contributed by atoms with Crippen LogP contribution in [0, 0.1) is 13.8 Å². The van der Waals surface area contributed by atoms with Crippen LogP contribution >= 0.6 is 0 Å². The van der Waals surface area contributed by atoms with E-state index in [0.717, 1.165) is 27.4 Å². The highest BCUT2D eigenvalue weighted by Crippen LogP contribution is 2.28. The number of piperazine rings is 1. The number of rotatable bonds is 2. The van der Waals surface area contributed by atoms with Crippen LogP contribution in [0.25, 0.3) is 11.3 Å². The zero-order valence-electron chi connectivity index (χ0n) is 16.3. The molecule has 156 valence electrons. The fraction of sp³-hybridized carbons (Fsp3) is 0.389. The highest BCUT2D eigenvalue weighted by atomic mass is 19.4. The normalized spacial score (nSPS) is 15.5. The molecule has 4 aromatic rings. The van der Waals surface area contributed by atoms with E-state index in [1.165, 1.54) is 6.07 Å². The van der Waals surface area contributed by atoms with Gasteiger partial charge in [-0.15, -0.1) is 20.4 Å². The maximum Gasteiger partial charge on any atom is 0.453 e. The van der Waals surface area contributed by atoms with Gasteiger partial charge in [0.15, 0.2) is 11.3 Å². The van der Waals surface area contributed by atoms with Gasteiger partial charge >= 0.3 is 6.18 Å². The van der Waals surface area contributed by atoms with Crippen LogP contribution in [0.1, 0.15) is 17.2 Å². The van der Waals surface area contributed by atoms with Crippen molar-refractivity contribution in [2.45, 2.75) is 20.0 Å². The van der Waals surface area contributed by atoms with Gasteiger partial charge in [-0.05, 0) is 38.1 Å². The number of imidazole rings is 1. The zero-order valence-corrected chi connectivity index (χ0v) is 16.3. The van der Waals surface area contributed by atoms with Crippen molar-refractivity contribution in [2.24, 2.45) is 0 Å². The van der Waals surface area contributed by atoms with Gasteiger partial charge in [-0.3, -0.25) is 0 Å². The Kier molecular flexibility index (Phi) is 4.05. The van der Waals surface area contributed by atoms with E-state index in [4.69, 9.17) is 0 Å². The van der Waals surface area contributed by atoms with Crippen molar-refractivity contribution in [1.82, 2.24) is 34.4 Å². The molecule has 0 bridgehead atoms. The van der Waals surface area contributed by atoms with Crippen LogP contribution in [0.3, 0.4) is 0 Å². The second kappa shape index (κ2) is 6.54. The van der Waals surface area contributed by atoms with E-state index in [-0.39, 0.29) is 5.65 Å². The van der Waals surface area contributed by atoms with E-state index in [0.29, 0.717) is 32.0 Å². The first-order valence-electron chi connectivity index (χ1n) is 9.44. The van der Waals surface area contributed by atoms with Gasteiger partial charge in [0.2, 0.25) is 0 Å². The largest absolute Gasteiger partial charge is 0.453 e. The lowest BCUT2D eigenvalue weighted by Crippen LogP contribution is -2.47. The Hall–Kier alpha value is -3.44. The monoisotopic (exact) mass is 417 g/mol. The van der Waals surface area contributed by atoms with E-state index in [1.54, 1.807) is 6.07 Å². The van der Waals surface area contributed by atoms with Crippen LogP contribution < -0.4 is 9.80 Å². The third-order valence-corrected chi connectivity index (χ3v) is 5.35. The molecular weight excluding hydrogens is 399 g/mol. The molecule has 0 amide bonds. The summed E-state index contributed by atoms with van der Waals surface area (Å²) in [6.07, 6.45) is -4.61. The minimum atomic E-state index is -4.61. The van der Waals surface area contributed by atoms with Gasteiger partial charge in [0, 0.05) is 26.2 Å². The summed E-state index contributed by atoms with van der Waals surface area (Å²) in [5.41, 5.74) is 2.81. The average Bonchev–Trinajstić information content (AvgIpc) is 3.28. The molecule has 0 saturated carbocycles.